The molecule has 3 aromatic rings. The summed E-state index contributed by atoms with van der Waals surface area (Å²) in [7, 11) is 2.17. The van der Waals surface area contributed by atoms with Crippen LogP contribution in [0.1, 0.15) is 48.3 Å². The summed E-state index contributed by atoms with van der Waals surface area (Å²) in [5.74, 6) is 1.17. The molecule has 10 nitrogen and oxygen atoms in total. The molecule has 0 atom stereocenters. The number of benzene rings is 1. The minimum absolute atomic E-state index is 0.0454. The number of pyridine rings is 1. The van der Waals surface area contributed by atoms with Gasteiger partial charge in [-0.3, -0.25) is 14.7 Å². The molecule has 1 spiro atoms. The van der Waals surface area contributed by atoms with E-state index in [1.807, 2.05) is 12.3 Å². The fraction of sp³-hybridized carbons (Fsp3) is 0.543. The van der Waals surface area contributed by atoms with Crippen molar-refractivity contribution in [1.29, 1.82) is 0 Å². The van der Waals surface area contributed by atoms with Crippen LogP contribution in [0.4, 0.5) is 19.0 Å². The number of nitrogens with zero attached hydrogens (tertiary/aromatic N) is 7. The maximum Gasteiger partial charge on any atom is 0.258 e. The van der Waals surface area contributed by atoms with Gasteiger partial charge in [0.25, 0.3) is 12.3 Å². The number of anilines is 1. The van der Waals surface area contributed by atoms with Crippen molar-refractivity contribution >= 4 is 11.7 Å². The number of hydrogen-bond acceptors (Lipinski definition) is 9. The molecule has 0 unspecified atom stereocenters. The lowest BCUT2D eigenvalue weighted by molar-refractivity contribution is -0.0353. The first-order valence-corrected chi connectivity index (χ1v) is 16.7. The Labute approximate surface area is 278 Å². The standard InChI is InChI=1S/C35H42F3N7O3/c1-22(2)45(18-32(37)38)34(46)26-10-24(36)4-5-29(26)48-31-13-39-21-41-33(31)44-19-35(20-44)11-25(12-35)47-30-6-8-40-28-7-9-43(17-27(28)30)16-23-14-42(3)15-23/h4-6,8,10,13,21-23,25,32H,7,9,11-12,14-20H2,1-3H3. The van der Waals surface area contributed by atoms with E-state index in [-0.39, 0.29) is 22.8 Å². The Bertz CT molecular complexity index is 1640. The molecule has 256 valence electrons. The number of ether oxygens (including phenoxy) is 2. The molecule has 0 radical (unpaired) electrons. The maximum atomic E-state index is 14.3. The molecular formula is C35H42F3N7O3. The number of rotatable bonds is 11. The van der Waals surface area contributed by atoms with Crippen molar-refractivity contribution < 1.29 is 27.4 Å². The minimum Gasteiger partial charge on any atom is -0.490 e. The summed E-state index contributed by atoms with van der Waals surface area (Å²) in [5, 5.41) is 0. The highest BCUT2D eigenvalue weighted by molar-refractivity contribution is 5.97. The second kappa shape index (κ2) is 13.1. The van der Waals surface area contributed by atoms with Crippen LogP contribution in [0.15, 0.2) is 43.0 Å². The second-order valence-corrected chi connectivity index (χ2v) is 14.2. The molecule has 2 aromatic heterocycles. The average Bonchev–Trinajstić information content (AvgIpc) is 3.00. The Balaban J connectivity index is 0.985. The largest absolute Gasteiger partial charge is 0.490 e. The maximum absolute atomic E-state index is 14.3. The summed E-state index contributed by atoms with van der Waals surface area (Å²) >= 11 is 0. The van der Waals surface area contributed by atoms with Gasteiger partial charge in [-0.1, -0.05) is 0 Å². The predicted octanol–water partition coefficient (Wildman–Crippen LogP) is 4.89. The number of alkyl halides is 2. The normalized spacial score (nSPS) is 19.5. The fourth-order valence-corrected chi connectivity index (χ4v) is 7.71. The van der Waals surface area contributed by atoms with Gasteiger partial charge in [0.15, 0.2) is 11.6 Å². The van der Waals surface area contributed by atoms with E-state index in [0.29, 0.717) is 11.6 Å². The summed E-state index contributed by atoms with van der Waals surface area (Å²) in [5.41, 5.74) is 2.33. The van der Waals surface area contributed by atoms with Crippen LogP contribution in [0.25, 0.3) is 0 Å². The van der Waals surface area contributed by atoms with E-state index in [1.165, 1.54) is 30.2 Å². The molecule has 4 aliphatic rings. The summed E-state index contributed by atoms with van der Waals surface area (Å²) in [6.07, 6.45) is 4.97. The molecule has 1 aromatic carbocycles. The SMILES string of the molecule is CC(C)N(CC(F)F)C(=O)c1cc(F)ccc1Oc1cncnc1N1CC2(CC(Oc3ccnc4c3CN(CC3CN(C)C3)CC4)C2)C1. The zero-order valence-corrected chi connectivity index (χ0v) is 27.6. The topological polar surface area (TPSA) is 87.2 Å². The second-order valence-electron chi connectivity index (χ2n) is 14.2. The van der Waals surface area contributed by atoms with Crippen LogP contribution >= 0.6 is 0 Å². The number of halogens is 3. The van der Waals surface area contributed by atoms with Crippen LogP contribution in [0.3, 0.4) is 0 Å². The van der Waals surface area contributed by atoms with Crippen molar-refractivity contribution in [2.45, 2.75) is 58.2 Å². The van der Waals surface area contributed by atoms with E-state index in [9.17, 15) is 18.0 Å². The molecule has 5 heterocycles. The Morgan fingerprint density at radius 1 is 1.10 bits per heavy atom. The number of fused-ring (bicyclic) bond motifs is 1. The highest BCUT2D eigenvalue weighted by atomic mass is 19.3. The molecule has 2 saturated heterocycles. The monoisotopic (exact) mass is 665 g/mol. The third-order valence-electron chi connectivity index (χ3n) is 10.0. The molecule has 48 heavy (non-hydrogen) atoms. The van der Waals surface area contributed by atoms with Crippen LogP contribution in [0.5, 0.6) is 17.2 Å². The van der Waals surface area contributed by atoms with Gasteiger partial charge in [0.2, 0.25) is 0 Å². The van der Waals surface area contributed by atoms with Crippen molar-refractivity contribution in [2.75, 3.05) is 57.8 Å². The Hall–Kier alpha value is -3.97. The van der Waals surface area contributed by atoms with Gasteiger partial charge >= 0.3 is 0 Å². The van der Waals surface area contributed by atoms with Gasteiger partial charge in [-0.15, -0.1) is 0 Å². The molecule has 0 bridgehead atoms. The highest BCUT2D eigenvalue weighted by Crippen LogP contribution is 2.52. The first-order chi connectivity index (χ1) is 23.1. The zero-order valence-electron chi connectivity index (χ0n) is 27.6. The molecule has 13 heteroatoms. The Morgan fingerprint density at radius 3 is 2.62 bits per heavy atom. The first kappa shape index (κ1) is 32.6. The predicted molar refractivity (Wildman–Crippen MR) is 173 cm³/mol. The number of carbonyl (C=O) groups is 1. The molecular weight excluding hydrogens is 623 g/mol. The van der Waals surface area contributed by atoms with Crippen LogP contribution in [0.2, 0.25) is 0 Å². The summed E-state index contributed by atoms with van der Waals surface area (Å²) in [6.45, 7) is 9.36. The average molecular weight is 666 g/mol. The lowest BCUT2D eigenvalue weighted by Gasteiger charge is -2.59. The molecule has 1 amide bonds. The molecule has 3 aliphatic heterocycles. The van der Waals surface area contributed by atoms with Crippen molar-refractivity contribution in [3.05, 3.63) is 65.6 Å². The van der Waals surface area contributed by atoms with E-state index >= 15 is 0 Å². The smallest absolute Gasteiger partial charge is 0.258 e. The number of aromatic nitrogens is 3. The quantitative estimate of drug-likeness (QED) is 0.284. The van der Waals surface area contributed by atoms with E-state index < -0.39 is 30.7 Å². The van der Waals surface area contributed by atoms with Crippen LogP contribution in [-0.4, -0.2) is 107 Å². The van der Waals surface area contributed by atoms with Gasteiger partial charge in [0, 0.05) is 81.1 Å². The molecule has 3 fully saturated rings. The van der Waals surface area contributed by atoms with E-state index in [2.05, 4.69) is 36.7 Å². The number of hydrogen-bond donors (Lipinski definition) is 0. The molecule has 7 rings (SSSR count). The number of likely N-dealkylation sites (tertiary alicyclic amines) is 1. The highest BCUT2D eigenvalue weighted by Gasteiger charge is 2.54. The van der Waals surface area contributed by atoms with Crippen molar-refractivity contribution in [2.24, 2.45) is 11.3 Å². The van der Waals surface area contributed by atoms with Crippen LogP contribution in [0, 0.1) is 17.2 Å². The van der Waals surface area contributed by atoms with Crippen molar-refractivity contribution in [1.82, 2.24) is 29.7 Å². The summed E-state index contributed by atoms with van der Waals surface area (Å²) in [4.78, 5) is 34.6. The zero-order chi connectivity index (χ0) is 33.6. The first-order valence-electron chi connectivity index (χ1n) is 16.7. The third kappa shape index (κ3) is 6.67. The summed E-state index contributed by atoms with van der Waals surface area (Å²) < 4.78 is 53.5. The van der Waals surface area contributed by atoms with Gasteiger partial charge in [-0.05, 0) is 63.9 Å². The van der Waals surface area contributed by atoms with Crippen molar-refractivity contribution in [3.8, 4) is 17.2 Å². The Morgan fingerprint density at radius 2 is 1.90 bits per heavy atom. The van der Waals surface area contributed by atoms with Crippen LogP contribution < -0.4 is 14.4 Å². The minimum atomic E-state index is -2.73. The van der Waals surface area contributed by atoms with Gasteiger partial charge in [-0.2, -0.15) is 0 Å². The molecule has 1 saturated carbocycles. The van der Waals surface area contributed by atoms with Gasteiger partial charge in [0.05, 0.1) is 18.3 Å². The number of amides is 1. The van der Waals surface area contributed by atoms with Gasteiger partial charge < -0.3 is 24.2 Å². The number of carbonyl (C=O) groups excluding carboxylic acids is 1. The fourth-order valence-electron chi connectivity index (χ4n) is 7.71. The third-order valence-corrected chi connectivity index (χ3v) is 10.0. The molecule has 0 N–H and O–H groups in total. The molecule has 1 aliphatic carbocycles. The van der Waals surface area contributed by atoms with Gasteiger partial charge in [0.1, 0.15) is 29.7 Å². The van der Waals surface area contributed by atoms with E-state index in [4.69, 9.17) is 9.47 Å². The summed E-state index contributed by atoms with van der Waals surface area (Å²) in [6, 6.07) is 4.99. The van der Waals surface area contributed by atoms with Gasteiger partial charge in [-0.25, -0.2) is 23.1 Å². The Kier molecular flexibility index (Phi) is 8.92. The lowest BCUT2D eigenvalue weighted by Crippen LogP contribution is -2.65. The van der Waals surface area contributed by atoms with Crippen molar-refractivity contribution in [3.63, 3.8) is 0 Å². The lowest BCUT2D eigenvalue weighted by atomic mass is 9.61. The van der Waals surface area contributed by atoms with E-state index in [1.54, 1.807) is 13.8 Å². The van der Waals surface area contributed by atoms with Crippen LogP contribution in [-0.2, 0) is 13.0 Å². The van der Waals surface area contributed by atoms with E-state index in [0.717, 1.165) is 93.4 Å².